The Morgan fingerprint density at radius 3 is 1.25 bits per heavy atom. The first kappa shape index (κ1) is 33.5. The summed E-state index contributed by atoms with van der Waals surface area (Å²) in [7, 11) is 0.750. The molecule has 0 atom stereocenters. The van der Waals surface area contributed by atoms with Crippen LogP contribution in [0, 0.1) is 13.8 Å². The molecule has 0 nitrogen and oxygen atoms in total. The van der Waals surface area contributed by atoms with Crippen LogP contribution in [0.15, 0.2) is 60.7 Å². The van der Waals surface area contributed by atoms with Crippen LogP contribution in [0.4, 0.5) is 0 Å². The standard InChI is InChI=1S/2C13H15.C2H7Si.2ClH.Zr/c2*1-3-6-11-9-12-7-4-5-8-13(12)10(11)2;1-3-2;;;/h2*4-5,7-9H,3,6H2,1-2H3;3H,1-2H3;2*1H;/q2*-1;;;;+4/p-2. The monoisotopic (exact) mass is 561 g/mol. The van der Waals surface area contributed by atoms with Crippen molar-refractivity contribution in [3.8, 4) is 0 Å². The maximum absolute atomic E-state index is 2.33. The molecule has 0 aliphatic rings. The van der Waals surface area contributed by atoms with E-state index in [1.807, 2.05) is 0 Å². The van der Waals surface area contributed by atoms with Gasteiger partial charge in [0.15, 0.2) is 0 Å². The molecule has 0 saturated carbocycles. The van der Waals surface area contributed by atoms with Crippen LogP contribution in [0.5, 0.6) is 0 Å². The summed E-state index contributed by atoms with van der Waals surface area (Å²) in [4.78, 5) is 0. The van der Waals surface area contributed by atoms with Gasteiger partial charge in [-0.25, -0.2) is 0 Å². The molecule has 4 aromatic carbocycles. The maximum atomic E-state index is 2.33. The average Bonchev–Trinajstić information content (AvgIpc) is 3.21. The van der Waals surface area contributed by atoms with Gasteiger partial charge in [0.1, 0.15) is 0 Å². The second kappa shape index (κ2) is 17.8. The zero-order chi connectivity index (χ0) is 21.2. The normalized spacial score (nSPS) is 9.44. The summed E-state index contributed by atoms with van der Waals surface area (Å²) in [5.41, 5.74) is 5.97. The van der Waals surface area contributed by atoms with E-state index < -0.39 is 0 Å². The summed E-state index contributed by atoms with van der Waals surface area (Å²) < 4.78 is 0. The first-order chi connectivity index (χ1) is 14.1. The largest absolute Gasteiger partial charge is 4.00 e. The predicted molar refractivity (Wildman–Crippen MR) is 135 cm³/mol. The molecule has 4 heteroatoms. The third kappa shape index (κ3) is 8.94. The molecule has 4 rings (SSSR count). The second-order valence-electron chi connectivity index (χ2n) is 7.84. The quantitative estimate of drug-likeness (QED) is 0.264. The van der Waals surface area contributed by atoms with Crippen LogP contribution in [0.1, 0.15) is 48.9 Å². The summed E-state index contributed by atoms with van der Waals surface area (Å²) in [5, 5.41) is 5.63. The van der Waals surface area contributed by atoms with Crippen molar-refractivity contribution in [1.82, 2.24) is 0 Å². The van der Waals surface area contributed by atoms with Crippen molar-refractivity contribution in [2.24, 2.45) is 0 Å². The Hall–Kier alpha value is -0.660. The van der Waals surface area contributed by atoms with E-state index in [1.165, 1.54) is 69.5 Å². The fourth-order valence-corrected chi connectivity index (χ4v) is 3.92. The Morgan fingerprint density at radius 2 is 0.969 bits per heavy atom. The minimum atomic E-state index is 0. The summed E-state index contributed by atoms with van der Waals surface area (Å²) in [6.07, 6.45) is 4.88. The van der Waals surface area contributed by atoms with Crippen LogP contribution >= 0.6 is 0 Å². The van der Waals surface area contributed by atoms with Gasteiger partial charge in [-0.05, 0) is 12.8 Å². The fourth-order valence-electron chi connectivity index (χ4n) is 3.92. The molecule has 0 aliphatic heterocycles. The van der Waals surface area contributed by atoms with E-state index in [4.69, 9.17) is 0 Å². The number of hydrogen-bond acceptors (Lipinski definition) is 0. The van der Waals surface area contributed by atoms with Crippen LogP contribution in [-0.2, 0) is 39.0 Å². The summed E-state index contributed by atoms with van der Waals surface area (Å²) in [6, 6.07) is 21.9. The average molecular weight is 564 g/mol. The predicted octanol–water partition coefficient (Wildman–Crippen LogP) is 2.16. The Labute approximate surface area is 230 Å². The summed E-state index contributed by atoms with van der Waals surface area (Å²) in [5.74, 6) is 0. The molecule has 1 radical (unpaired) electrons. The molecular weight excluding hydrogens is 527 g/mol. The van der Waals surface area contributed by atoms with Crippen LogP contribution < -0.4 is 24.8 Å². The van der Waals surface area contributed by atoms with Gasteiger partial charge < -0.3 is 24.8 Å². The van der Waals surface area contributed by atoms with Crippen molar-refractivity contribution in [3.63, 3.8) is 0 Å². The molecule has 0 heterocycles. The van der Waals surface area contributed by atoms with Crippen molar-refractivity contribution < 1.29 is 51.0 Å². The Morgan fingerprint density at radius 1 is 0.656 bits per heavy atom. The van der Waals surface area contributed by atoms with Gasteiger partial charge in [0.2, 0.25) is 0 Å². The number of rotatable bonds is 4. The van der Waals surface area contributed by atoms with E-state index in [1.54, 1.807) is 0 Å². The molecule has 0 bridgehead atoms. The zero-order valence-corrected chi connectivity index (χ0v) is 25.6. The van der Waals surface area contributed by atoms with Crippen LogP contribution in [-0.4, -0.2) is 9.52 Å². The molecule has 32 heavy (non-hydrogen) atoms. The van der Waals surface area contributed by atoms with E-state index in [9.17, 15) is 0 Å². The molecule has 4 aromatic rings. The molecule has 0 spiro atoms. The Balaban J connectivity index is 0. The zero-order valence-electron chi connectivity index (χ0n) is 20.4. The molecule has 0 aromatic heterocycles. The van der Waals surface area contributed by atoms with E-state index in [0.717, 1.165) is 9.52 Å². The van der Waals surface area contributed by atoms with Gasteiger partial charge in [0.05, 0.1) is 0 Å². The van der Waals surface area contributed by atoms with Crippen molar-refractivity contribution in [3.05, 3.63) is 82.9 Å². The summed E-state index contributed by atoms with van der Waals surface area (Å²) in [6.45, 7) is 13.3. The SMILES string of the molecule is CCCc1[cH-]c2ccccc2c1C.CCCc1[cH-]c2ccccc2c1C.C[SiH]C.[Cl-].[Cl-].[Zr+4]. The van der Waals surface area contributed by atoms with Crippen molar-refractivity contribution >= 4 is 31.1 Å². The van der Waals surface area contributed by atoms with Crippen molar-refractivity contribution in [1.29, 1.82) is 0 Å². The van der Waals surface area contributed by atoms with E-state index >= 15 is 0 Å². The van der Waals surface area contributed by atoms with Crippen LogP contribution in [0.25, 0.3) is 21.5 Å². The molecule has 0 aliphatic carbocycles. The van der Waals surface area contributed by atoms with Gasteiger partial charge in [-0.3, -0.25) is 0 Å². The number of halogens is 2. The van der Waals surface area contributed by atoms with Gasteiger partial charge in [0.25, 0.3) is 0 Å². The third-order valence-corrected chi connectivity index (χ3v) is 5.39. The summed E-state index contributed by atoms with van der Waals surface area (Å²) >= 11 is 0. The number of benzene rings is 2. The van der Waals surface area contributed by atoms with E-state index in [0.29, 0.717) is 0 Å². The van der Waals surface area contributed by atoms with Crippen molar-refractivity contribution in [2.45, 2.75) is 66.5 Å². The first-order valence-electron chi connectivity index (χ1n) is 11.1. The number of fused-ring (bicyclic) bond motifs is 2. The Kier molecular flexibility index (Phi) is 18.6. The molecule has 0 unspecified atom stereocenters. The van der Waals surface area contributed by atoms with E-state index in [-0.39, 0.29) is 51.0 Å². The minimum Gasteiger partial charge on any atom is -1.00 e. The Bertz CT molecular complexity index is 935. The second-order valence-corrected chi connectivity index (χ2v) is 9.00. The smallest absolute Gasteiger partial charge is 1.00 e. The molecule has 0 N–H and O–H groups in total. The number of aryl methyl sites for hydroxylation is 4. The minimum absolute atomic E-state index is 0. The first-order valence-corrected chi connectivity index (χ1v) is 13.4. The molecule has 0 fully saturated rings. The van der Waals surface area contributed by atoms with Crippen LogP contribution in [0.2, 0.25) is 13.1 Å². The van der Waals surface area contributed by atoms with Gasteiger partial charge in [-0.2, -0.15) is 11.1 Å². The maximum Gasteiger partial charge on any atom is 4.00 e. The fraction of sp³-hybridized carbons (Fsp3) is 0.357. The van der Waals surface area contributed by atoms with Crippen LogP contribution in [0.3, 0.4) is 0 Å². The topological polar surface area (TPSA) is 0 Å². The third-order valence-electron chi connectivity index (χ3n) is 5.39. The number of hydrogen-bond donors (Lipinski definition) is 0. The van der Waals surface area contributed by atoms with Gasteiger partial charge >= 0.3 is 26.2 Å². The van der Waals surface area contributed by atoms with Gasteiger partial charge in [0, 0.05) is 9.52 Å². The van der Waals surface area contributed by atoms with Gasteiger partial charge in [-0.15, -0.1) is 81.2 Å². The molecule has 0 saturated heterocycles. The molecular formula is C28H37Cl2SiZr. The van der Waals surface area contributed by atoms with Gasteiger partial charge in [-0.1, -0.05) is 65.8 Å². The van der Waals surface area contributed by atoms with Crippen molar-refractivity contribution in [2.75, 3.05) is 0 Å². The molecule has 0 amide bonds. The molecule has 171 valence electrons. The van der Waals surface area contributed by atoms with E-state index in [2.05, 4.69) is 101 Å².